The molecule has 0 saturated carbocycles. The zero-order chi connectivity index (χ0) is 18.5. The fraction of sp³-hybridized carbons (Fsp3) is 0.471. The minimum Gasteiger partial charge on any atom is -0.507 e. The van der Waals surface area contributed by atoms with E-state index >= 15 is 0 Å². The molecule has 1 rings (SSSR count). The number of hydrogen-bond acceptors (Lipinski definition) is 6. The predicted octanol–water partition coefficient (Wildman–Crippen LogP) is 2.20. The Kier molecular flexibility index (Phi) is 6.34. The first-order valence-electron chi connectivity index (χ1n) is 7.43. The number of ketones is 1. The van der Waals surface area contributed by atoms with Gasteiger partial charge >= 0.3 is 12.1 Å². The molecule has 1 atom stereocenters. The van der Waals surface area contributed by atoms with Gasteiger partial charge in [-0.05, 0) is 45.4 Å². The number of hydrogen-bond donors (Lipinski definition) is 2. The molecule has 1 aromatic rings. The molecule has 0 aromatic heterocycles. The molecule has 1 amide bonds. The van der Waals surface area contributed by atoms with Gasteiger partial charge in [0.1, 0.15) is 17.4 Å². The first-order chi connectivity index (χ1) is 11.0. The maximum atomic E-state index is 11.9. The van der Waals surface area contributed by atoms with Crippen molar-refractivity contribution < 1.29 is 29.0 Å². The molecule has 1 aromatic carbocycles. The fourth-order valence-electron chi connectivity index (χ4n) is 2.01. The largest absolute Gasteiger partial charge is 0.507 e. The normalized spacial score (nSPS) is 12.2. The fourth-order valence-corrected chi connectivity index (χ4v) is 2.01. The summed E-state index contributed by atoms with van der Waals surface area (Å²) in [6.45, 7) is 6.45. The summed E-state index contributed by atoms with van der Waals surface area (Å²) in [5, 5.41) is 12.1. The summed E-state index contributed by atoms with van der Waals surface area (Å²) in [6.07, 6.45) is -0.657. The molecule has 7 heteroatoms. The summed E-state index contributed by atoms with van der Waals surface area (Å²) < 4.78 is 9.82. The van der Waals surface area contributed by atoms with Crippen LogP contribution in [-0.4, -0.2) is 41.7 Å². The van der Waals surface area contributed by atoms with Gasteiger partial charge in [0, 0.05) is 6.42 Å². The Morgan fingerprint density at radius 1 is 1.25 bits per heavy atom. The maximum Gasteiger partial charge on any atom is 0.408 e. The van der Waals surface area contributed by atoms with E-state index in [1.165, 1.54) is 26.2 Å². The second kappa shape index (κ2) is 7.81. The van der Waals surface area contributed by atoms with Crippen LogP contribution in [0.4, 0.5) is 4.79 Å². The first-order valence-corrected chi connectivity index (χ1v) is 7.43. The van der Waals surface area contributed by atoms with E-state index in [4.69, 9.17) is 9.47 Å². The number of ether oxygens (including phenoxy) is 2. The van der Waals surface area contributed by atoms with Crippen LogP contribution in [0.2, 0.25) is 0 Å². The number of phenols is 1. The molecule has 0 bridgehead atoms. The van der Waals surface area contributed by atoms with Crippen LogP contribution in [0.25, 0.3) is 0 Å². The lowest BCUT2D eigenvalue weighted by Crippen LogP contribution is -2.45. The lowest BCUT2D eigenvalue weighted by atomic mass is 10.0. The summed E-state index contributed by atoms with van der Waals surface area (Å²) >= 11 is 0. The quantitative estimate of drug-likeness (QED) is 0.631. The Labute approximate surface area is 141 Å². The van der Waals surface area contributed by atoms with Crippen LogP contribution >= 0.6 is 0 Å². The molecule has 2 N–H and O–H groups in total. The van der Waals surface area contributed by atoms with Crippen LogP contribution in [0.15, 0.2) is 18.2 Å². The third-order valence-electron chi connectivity index (χ3n) is 3.06. The van der Waals surface area contributed by atoms with Crippen molar-refractivity contribution in [3.63, 3.8) is 0 Å². The number of benzene rings is 1. The van der Waals surface area contributed by atoms with Gasteiger partial charge in [0.25, 0.3) is 0 Å². The standard InChI is InChI=1S/C17H23NO6/c1-10(19)12-8-11(6-7-14(12)20)9-13(15(21)23-5)18-16(22)24-17(2,3)4/h6-8,13,20H,9H2,1-5H3,(H,18,22)/t13-/m0/s1. The van der Waals surface area contributed by atoms with E-state index in [1.807, 2.05) is 0 Å². The van der Waals surface area contributed by atoms with Gasteiger partial charge in [-0.15, -0.1) is 0 Å². The van der Waals surface area contributed by atoms with Crippen LogP contribution in [0, 0.1) is 0 Å². The Hall–Kier alpha value is -2.57. The second-order valence-corrected chi connectivity index (χ2v) is 6.33. The number of aromatic hydroxyl groups is 1. The number of phenolic OH excluding ortho intramolecular Hbond substituents is 1. The Bertz CT molecular complexity index is 632. The number of carbonyl (C=O) groups excluding carboxylic acids is 3. The van der Waals surface area contributed by atoms with Crippen molar-refractivity contribution in [2.45, 2.75) is 45.8 Å². The van der Waals surface area contributed by atoms with E-state index < -0.39 is 23.7 Å². The van der Waals surface area contributed by atoms with Crippen LogP contribution in [-0.2, 0) is 20.7 Å². The van der Waals surface area contributed by atoms with Gasteiger partial charge in [0.05, 0.1) is 12.7 Å². The zero-order valence-corrected chi connectivity index (χ0v) is 14.5. The number of rotatable bonds is 5. The molecule has 0 aliphatic carbocycles. The molecule has 132 valence electrons. The summed E-state index contributed by atoms with van der Waals surface area (Å²) in [5.74, 6) is -1.08. The third kappa shape index (κ3) is 5.91. The lowest BCUT2D eigenvalue weighted by molar-refractivity contribution is -0.143. The SMILES string of the molecule is COC(=O)[C@H](Cc1ccc(O)c(C(C)=O)c1)NC(=O)OC(C)(C)C. The molecule has 0 saturated heterocycles. The molecule has 7 nitrogen and oxygen atoms in total. The highest BCUT2D eigenvalue weighted by atomic mass is 16.6. The van der Waals surface area contributed by atoms with Gasteiger partial charge in [0.2, 0.25) is 0 Å². The van der Waals surface area contributed by atoms with Gasteiger partial charge in [-0.1, -0.05) is 6.07 Å². The molecule has 0 aliphatic rings. The minimum atomic E-state index is -0.978. The van der Waals surface area contributed by atoms with E-state index in [9.17, 15) is 19.5 Å². The highest BCUT2D eigenvalue weighted by Gasteiger charge is 2.25. The summed E-state index contributed by atoms with van der Waals surface area (Å²) in [4.78, 5) is 35.3. The topological polar surface area (TPSA) is 102 Å². The first kappa shape index (κ1) is 19.5. The van der Waals surface area contributed by atoms with E-state index in [2.05, 4.69) is 5.32 Å². The summed E-state index contributed by atoms with van der Waals surface area (Å²) in [6, 6.07) is 3.43. The van der Waals surface area contributed by atoms with Gasteiger partial charge in [0.15, 0.2) is 5.78 Å². The van der Waals surface area contributed by atoms with Gasteiger partial charge in [-0.25, -0.2) is 9.59 Å². The molecule has 0 heterocycles. The van der Waals surface area contributed by atoms with Crippen molar-refractivity contribution >= 4 is 17.8 Å². The average Bonchev–Trinajstić information content (AvgIpc) is 2.45. The highest BCUT2D eigenvalue weighted by molar-refractivity contribution is 5.96. The van der Waals surface area contributed by atoms with Gasteiger partial charge in [-0.3, -0.25) is 4.79 Å². The zero-order valence-electron chi connectivity index (χ0n) is 14.5. The minimum absolute atomic E-state index is 0.0898. The van der Waals surface area contributed by atoms with Crippen molar-refractivity contribution in [2.24, 2.45) is 0 Å². The van der Waals surface area contributed by atoms with Crippen molar-refractivity contribution in [2.75, 3.05) is 7.11 Å². The average molecular weight is 337 g/mol. The Balaban J connectivity index is 2.95. The molecule has 0 unspecified atom stereocenters. The number of methoxy groups -OCH3 is 1. The number of alkyl carbamates (subject to hydrolysis) is 1. The van der Waals surface area contributed by atoms with E-state index in [1.54, 1.807) is 26.8 Å². The molecule has 24 heavy (non-hydrogen) atoms. The summed E-state index contributed by atoms with van der Waals surface area (Å²) in [5.41, 5.74) is 0.0308. The molecule has 0 fully saturated rings. The second-order valence-electron chi connectivity index (χ2n) is 6.33. The van der Waals surface area contributed by atoms with Crippen LogP contribution in [0.1, 0.15) is 43.6 Å². The number of esters is 1. The third-order valence-corrected chi connectivity index (χ3v) is 3.06. The predicted molar refractivity (Wildman–Crippen MR) is 87.0 cm³/mol. The number of amides is 1. The molecular formula is C17H23NO6. The van der Waals surface area contributed by atoms with E-state index in [0.29, 0.717) is 5.56 Å². The summed E-state index contributed by atoms with van der Waals surface area (Å²) in [7, 11) is 1.21. The molecule has 0 aliphatic heterocycles. The van der Waals surface area contributed by atoms with Crippen molar-refractivity contribution in [1.29, 1.82) is 0 Å². The van der Waals surface area contributed by atoms with Gasteiger partial charge < -0.3 is 19.9 Å². The van der Waals surface area contributed by atoms with Crippen molar-refractivity contribution in [3.8, 4) is 5.75 Å². The monoisotopic (exact) mass is 337 g/mol. The smallest absolute Gasteiger partial charge is 0.408 e. The molecular weight excluding hydrogens is 314 g/mol. The van der Waals surface area contributed by atoms with Crippen molar-refractivity contribution in [1.82, 2.24) is 5.32 Å². The maximum absolute atomic E-state index is 11.9. The van der Waals surface area contributed by atoms with Crippen LogP contribution in [0.3, 0.4) is 0 Å². The Morgan fingerprint density at radius 3 is 2.38 bits per heavy atom. The molecule has 0 radical (unpaired) electrons. The lowest BCUT2D eigenvalue weighted by Gasteiger charge is -2.22. The molecule has 0 spiro atoms. The van der Waals surface area contributed by atoms with Crippen molar-refractivity contribution in [3.05, 3.63) is 29.3 Å². The number of Topliss-reactive ketones (excluding diaryl/α,β-unsaturated/α-hetero) is 1. The van der Waals surface area contributed by atoms with E-state index in [0.717, 1.165) is 0 Å². The Morgan fingerprint density at radius 2 is 1.88 bits per heavy atom. The number of carbonyl (C=O) groups is 3. The van der Waals surface area contributed by atoms with Crippen LogP contribution < -0.4 is 5.32 Å². The highest BCUT2D eigenvalue weighted by Crippen LogP contribution is 2.20. The number of nitrogens with one attached hydrogen (secondary N) is 1. The van der Waals surface area contributed by atoms with Gasteiger partial charge in [-0.2, -0.15) is 0 Å². The van der Waals surface area contributed by atoms with E-state index in [-0.39, 0.29) is 23.5 Å². The van der Waals surface area contributed by atoms with Crippen LogP contribution in [0.5, 0.6) is 5.75 Å².